The quantitative estimate of drug-likeness (QED) is 0.226. The summed E-state index contributed by atoms with van der Waals surface area (Å²) in [6.45, 7) is 0. The highest BCUT2D eigenvalue weighted by atomic mass is 35.5. The smallest absolute Gasteiger partial charge is 0.259 e. The van der Waals surface area contributed by atoms with Gasteiger partial charge in [-0.05, 0) is 54.1 Å². The maximum Gasteiger partial charge on any atom is 0.259 e. The Morgan fingerprint density at radius 2 is 1.69 bits per heavy atom. The molecule has 2 amide bonds. The SMILES string of the molecule is O=C(Nc1nc2c(F)cccc2s1)c1cc(NC(=O)C2C(c3cc(Cl)cc(Cl)c3)C2(Cl)Cl)ccc1Cl. The second-order valence-electron chi connectivity index (χ2n) is 8.08. The number of benzene rings is 3. The van der Waals surface area contributed by atoms with Crippen LogP contribution in [0.3, 0.4) is 0 Å². The zero-order chi connectivity index (χ0) is 25.8. The van der Waals surface area contributed by atoms with E-state index < -0.39 is 33.8 Å². The minimum absolute atomic E-state index is 0.0891. The summed E-state index contributed by atoms with van der Waals surface area (Å²) in [5.74, 6) is -2.80. The minimum Gasteiger partial charge on any atom is -0.326 e. The number of aromatic nitrogens is 1. The van der Waals surface area contributed by atoms with Crippen LogP contribution in [0.1, 0.15) is 21.8 Å². The second-order valence-corrected chi connectivity index (χ2v) is 11.8. The lowest BCUT2D eigenvalue weighted by Gasteiger charge is -2.09. The number of fused-ring (bicyclic) bond motifs is 1. The molecule has 36 heavy (non-hydrogen) atoms. The van der Waals surface area contributed by atoms with Crippen molar-refractivity contribution in [1.29, 1.82) is 0 Å². The number of amides is 2. The minimum atomic E-state index is -1.35. The molecular formula is C24H13Cl5FN3O2S. The Morgan fingerprint density at radius 3 is 2.39 bits per heavy atom. The van der Waals surface area contributed by atoms with E-state index in [1.807, 2.05) is 0 Å². The number of carbonyl (C=O) groups is 2. The topological polar surface area (TPSA) is 71.1 Å². The van der Waals surface area contributed by atoms with Crippen LogP contribution in [0.25, 0.3) is 10.2 Å². The van der Waals surface area contributed by atoms with Crippen molar-refractivity contribution in [2.45, 2.75) is 10.3 Å². The third kappa shape index (κ3) is 4.88. The highest BCUT2D eigenvalue weighted by Crippen LogP contribution is 2.65. The van der Waals surface area contributed by atoms with Crippen molar-refractivity contribution in [3.05, 3.63) is 86.6 Å². The molecule has 0 spiro atoms. The molecule has 0 radical (unpaired) electrons. The molecule has 5 rings (SSSR count). The number of para-hydroxylation sites is 1. The summed E-state index contributed by atoms with van der Waals surface area (Å²) >= 11 is 32.3. The van der Waals surface area contributed by atoms with E-state index in [-0.39, 0.29) is 21.2 Å². The Hall–Kier alpha value is -2.13. The van der Waals surface area contributed by atoms with Gasteiger partial charge in [0, 0.05) is 21.7 Å². The van der Waals surface area contributed by atoms with E-state index in [9.17, 15) is 14.0 Å². The largest absolute Gasteiger partial charge is 0.326 e. The maximum atomic E-state index is 13.9. The molecule has 1 aliphatic rings. The first-order valence-electron chi connectivity index (χ1n) is 10.3. The van der Waals surface area contributed by atoms with Gasteiger partial charge in [-0.1, -0.05) is 52.2 Å². The van der Waals surface area contributed by atoms with Crippen LogP contribution in [0, 0.1) is 11.7 Å². The molecule has 1 aliphatic carbocycles. The van der Waals surface area contributed by atoms with Gasteiger partial charge in [0.25, 0.3) is 5.91 Å². The molecule has 1 aromatic heterocycles. The lowest BCUT2D eigenvalue weighted by molar-refractivity contribution is -0.117. The number of halogens is 6. The summed E-state index contributed by atoms with van der Waals surface area (Å²) in [4.78, 5) is 30.0. The monoisotopic (exact) mass is 601 g/mol. The van der Waals surface area contributed by atoms with Gasteiger partial charge in [0.05, 0.1) is 21.2 Å². The average molecular weight is 604 g/mol. The average Bonchev–Trinajstić information content (AvgIpc) is 3.15. The zero-order valence-electron chi connectivity index (χ0n) is 17.8. The molecule has 2 N–H and O–H groups in total. The number of nitrogens with one attached hydrogen (secondary N) is 2. The summed E-state index contributed by atoms with van der Waals surface area (Å²) in [5, 5.41) is 6.51. The molecule has 0 bridgehead atoms. The predicted octanol–water partition coefficient (Wildman–Crippen LogP) is 8.17. The lowest BCUT2D eigenvalue weighted by atomic mass is 10.1. The lowest BCUT2D eigenvalue weighted by Crippen LogP contribution is -2.18. The summed E-state index contributed by atoms with van der Waals surface area (Å²) in [6, 6.07) is 13.9. The second kappa shape index (κ2) is 9.63. The van der Waals surface area contributed by atoms with E-state index in [0.717, 1.165) is 11.3 Å². The van der Waals surface area contributed by atoms with E-state index in [2.05, 4.69) is 15.6 Å². The van der Waals surface area contributed by atoms with E-state index in [4.69, 9.17) is 58.0 Å². The maximum absolute atomic E-state index is 13.9. The van der Waals surface area contributed by atoms with Gasteiger partial charge in [-0.15, -0.1) is 23.2 Å². The summed E-state index contributed by atoms with van der Waals surface area (Å²) in [6.07, 6.45) is 0. The fourth-order valence-corrected chi connectivity index (χ4v) is 6.40. The van der Waals surface area contributed by atoms with Crippen LogP contribution in [-0.2, 0) is 4.79 Å². The van der Waals surface area contributed by atoms with E-state index in [1.54, 1.807) is 36.4 Å². The number of hydrogen-bond acceptors (Lipinski definition) is 4. The Kier molecular flexibility index (Phi) is 6.83. The van der Waals surface area contributed by atoms with Gasteiger partial charge >= 0.3 is 0 Å². The molecule has 0 saturated heterocycles. The summed E-state index contributed by atoms with van der Waals surface area (Å²) in [5.41, 5.74) is 1.20. The molecule has 5 nitrogen and oxygen atoms in total. The molecule has 1 fully saturated rings. The van der Waals surface area contributed by atoms with Gasteiger partial charge in [-0.3, -0.25) is 14.9 Å². The van der Waals surface area contributed by atoms with Crippen molar-refractivity contribution in [1.82, 2.24) is 4.98 Å². The van der Waals surface area contributed by atoms with Crippen molar-refractivity contribution < 1.29 is 14.0 Å². The summed E-state index contributed by atoms with van der Waals surface area (Å²) in [7, 11) is 0. The molecule has 2 unspecified atom stereocenters. The fourth-order valence-electron chi connectivity index (χ4n) is 3.95. The van der Waals surface area contributed by atoms with Gasteiger partial charge in [0.1, 0.15) is 15.7 Å². The Morgan fingerprint density at radius 1 is 0.972 bits per heavy atom. The zero-order valence-corrected chi connectivity index (χ0v) is 22.4. The highest BCUT2D eigenvalue weighted by molar-refractivity contribution is 7.22. The first-order chi connectivity index (χ1) is 17.0. The number of alkyl halides is 2. The van der Waals surface area contributed by atoms with Crippen LogP contribution >= 0.6 is 69.3 Å². The molecule has 12 heteroatoms. The van der Waals surface area contributed by atoms with Crippen molar-refractivity contribution in [2.24, 2.45) is 5.92 Å². The van der Waals surface area contributed by atoms with Crippen LogP contribution in [0.5, 0.6) is 0 Å². The third-order valence-electron chi connectivity index (χ3n) is 5.65. The van der Waals surface area contributed by atoms with Crippen molar-refractivity contribution in [3.63, 3.8) is 0 Å². The van der Waals surface area contributed by atoms with Crippen molar-refractivity contribution >= 4 is 102 Å². The molecule has 0 aliphatic heterocycles. The normalized spacial score (nSPS) is 18.2. The van der Waals surface area contributed by atoms with Crippen LogP contribution < -0.4 is 10.6 Å². The molecule has 2 atom stereocenters. The predicted molar refractivity (Wildman–Crippen MR) is 145 cm³/mol. The van der Waals surface area contributed by atoms with Crippen LogP contribution in [0.15, 0.2) is 54.6 Å². The molecule has 1 saturated carbocycles. The van der Waals surface area contributed by atoms with Gasteiger partial charge in [0.15, 0.2) is 5.13 Å². The van der Waals surface area contributed by atoms with Crippen molar-refractivity contribution in [3.8, 4) is 0 Å². The van der Waals surface area contributed by atoms with E-state index in [0.29, 0.717) is 26.0 Å². The molecule has 4 aromatic rings. The molecule has 1 heterocycles. The third-order valence-corrected chi connectivity index (χ3v) is 8.29. The van der Waals surface area contributed by atoms with Gasteiger partial charge in [-0.25, -0.2) is 9.37 Å². The Bertz CT molecular complexity index is 1520. The Labute approximate surface area is 233 Å². The van der Waals surface area contributed by atoms with Gasteiger partial charge < -0.3 is 5.32 Å². The number of anilines is 2. The number of nitrogens with zero attached hydrogens (tertiary/aromatic N) is 1. The number of thiazole rings is 1. The van der Waals surface area contributed by atoms with Crippen molar-refractivity contribution in [2.75, 3.05) is 10.6 Å². The van der Waals surface area contributed by atoms with Gasteiger partial charge in [0.2, 0.25) is 5.91 Å². The van der Waals surface area contributed by atoms with E-state index in [1.165, 1.54) is 18.2 Å². The first-order valence-corrected chi connectivity index (χ1v) is 13.1. The summed E-state index contributed by atoms with van der Waals surface area (Å²) < 4.78 is 13.2. The number of carbonyl (C=O) groups excluding carboxylic acids is 2. The highest BCUT2D eigenvalue weighted by Gasteiger charge is 2.67. The standard InChI is InChI=1S/C24H13Cl5FN3O2S/c25-11-6-10(7-12(26)8-11)18-19(24(18,28)29)22(35)31-13-4-5-15(27)14(9-13)21(34)33-23-32-20-16(30)2-1-3-17(20)36-23/h1-9,18-19H,(H,31,35)(H,32,33,34). The molecular weight excluding hydrogens is 591 g/mol. The van der Waals surface area contributed by atoms with Crippen LogP contribution in [0.2, 0.25) is 15.1 Å². The Balaban J connectivity index is 1.33. The molecule has 3 aromatic carbocycles. The van der Waals surface area contributed by atoms with Crippen LogP contribution in [-0.4, -0.2) is 21.1 Å². The van der Waals surface area contributed by atoms with Crippen LogP contribution in [0.4, 0.5) is 15.2 Å². The fraction of sp³-hybridized carbons (Fsp3) is 0.125. The molecule has 184 valence electrons. The first kappa shape index (κ1) is 25.5. The number of hydrogen-bond donors (Lipinski definition) is 2. The number of rotatable bonds is 5. The van der Waals surface area contributed by atoms with E-state index >= 15 is 0 Å². The van der Waals surface area contributed by atoms with Gasteiger partial charge in [-0.2, -0.15) is 0 Å².